The third kappa shape index (κ3) is 5.87. The number of nitrogens with one attached hydrogen (secondary N) is 1. The molecule has 0 aliphatic heterocycles. The zero-order valence-corrected chi connectivity index (χ0v) is 11.9. The van der Waals surface area contributed by atoms with Gasteiger partial charge in [0.25, 0.3) is 0 Å². The van der Waals surface area contributed by atoms with Crippen molar-refractivity contribution in [1.82, 2.24) is 0 Å². The van der Waals surface area contributed by atoms with Crippen LogP contribution in [-0.2, 0) is 0 Å². The zero-order valence-electron chi connectivity index (χ0n) is 11.9. The molecule has 0 saturated heterocycles. The molecular weight excluding hydrogens is 234 g/mol. The molecule has 2 heteroatoms. The molecule has 0 aliphatic rings. The Morgan fingerprint density at radius 3 is 2.53 bits per heavy atom. The smallest absolute Gasteiger partial charge is 0.162 e. The highest BCUT2D eigenvalue weighted by Gasteiger charge is 1.92. The van der Waals surface area contributed by atoms with Gasteiger partial charge in [-0.15, -0.1) is 0 Å². The monoisotopic (exact) mass is 256 g/mol. The van der Waals surface area contributed by atoms with Crippen LogP contribution in [0.25, 0.3) is 6.08 Å². The van der Waals surface area contributed by atoms with Crippen LogP contribution in [0, 0.1) is 0 Å². The van der Waals surface area contributed by atoms with E-state index in [0.29, 0.717) is 6.61 Å². The lowest BCUT2D eigenvalue weighted by molar-refractivity contribution is -0.413. The average Bonchev–Trinajstić information content (AvgIpc) is 2.44. The molecule has 0 unspecified atom stereocenters. The first-order valence-electron chi connectivity index (χ1n) is 6.54. The highest BCUT2D eigenvalue weighted by Crippen LogP contribution is 2.14. The van der Waals surface area contributed by atoms with Crippen molar-refractivity contribution in [3.8, 4) is 5.75 Å². The van der Waals surface area contributed by atoms with Gasteiger partial charge in [-0.25, -0.2) is 0 Å². The Labute approximate surface area is 115 Å². The van der Waals surface area contributed by atoms with Crippen LogP contribution in [0.5, 0.6) is 5.75 Å². The van der Waals surface area contributed by atoms with Crippen LogP contribution < -0.4 is 9.73 Å². The lowest BCUT2D eigenvalue weighted by Gasteiger charge is -2.02. The maximum atomic E-state index is 5.42. The largest absolute Gasteiger partial charge is 0.494 e. The fourth-order valence-electron chi connectivity index (χ4n) is 1.57. The minimum absolute atomic E-state index is 0.698. The summed E-state index contributed by atoms with van der Waals surface area (Å²) in [5.74, 6) is 0.910. The van der Waals surface area contributed by atoms with Crippen LogP contribution in [0.4, 0.5) is 0 Å². The molecule has 0 spiro atoms. The third-order valence-corrected chi connectivity index (χ3v) is 2.46. The fourth-order valence-corrected chi connectivity index (χ4v) is 1.57. The lowest BCUT2D eigenvalue weighted by Crippen LogP contribution is -2.62. The van der Waals surface area contributed by atoms with Crippen molar-refractivity contribution in [3.63, 3.8) is 0 Å². The van der Waals surface area contributed by atoms with E-state index in [4.69, 9.17) is 4.74 Å². The second-order valence-electron chi connectivity index (χ2n) is 3.96. The van der Waals surface area contributed by atoms with Crippen molar-refractivity contribution >= 4 is 12.3 Å². The van der Waals surface area contributed by atoms with Gasteiger partial charge in [-0.2, -0.15) is 0 Å². The molecule has 2 nitrogen and oxygen atoms in total. The summed E-state index contributed by atoms with van der Waals surface area (Å²) >= 11 is 0. The van der Waals surface area contributed by atoms with Crippen molar-refractivity contribution in [3.05, 3.63) is 59.7 Å². The highest BCUT2D eigenvalue weighted by molar-refractivity contribution is 5.70. The molecule has 0 bridgehead atoms. The van der Waals surface area contributed by atoms with Crippen molar-refractivity contribution in [1.29, 1.82) is 0 Å². The number of benzene rings is 1. The molecule has 0 amide bonds. The summed E-state index contributed by atoms with van der Waals surface area (Å²) in [4.78, 5) is 2.99. The predicted molar refractivity (Wildman–Crippen MR) is 82.5 cm³/mol. The number of hydrogen-bond donors (Lipinski definition) is 1. The van der Waals surface area contributed by atoms with Crippen LogP contribution in [0.3, 0.4) is 0 Å². The van der Waals surface area contributed by atoms with E-state index in [2.05, 4.69) is 35.4 Å². The summed E-state index contributed by atoms with van der Waals surface area (Å²) in [7, 11) is 1.89. The maximum Gasteiger partial charge on any atom is 0.162 e. The van der Waals surface area contributed by atoms with E-state index >= 15 is 0 Å². The van der Waals surface area contributed by atoms with Gasteiger partial charge < -0.3 is 4.74 Å². The molecule has 0 aliphatic carbocycles. The summed E-state index contributed by atoms with van der Waals surface area (Å²) in [5.41, 5.74) is 2.30. The van der Waals surface area contributed by atoms with E-state index in [9.17, 15) is 0 Å². The fraction of sp³-hybridized carbons (Fsp3) is 0.235. The average molecular weight is 256 g/mol. The second kappa shape index (κ2) is 8.92. The highest BCUT2D eigenvalue weighted by atomic mass is 16.5. The first kappa shape index (κ1) is 15.0. The van der Waals surface area contributed by atoms with Crippen LogP contribution in [-0.4, -0.2) is 19.9 Å². The Morgan fingerprint density at radius 1 is 1.21 bits per heavy atom. The molecule has 1 aromatic carbocycles. The van der Waals surface area contributed by atoms with E-state index in [0.717, 1.165) is 16.9 Å². The molecule has 0 aromatic heterocycles. The van der Waals surface area contributed by atoms with E-state index < -0.39 is 0 Å². The number of rotatable bonds is 6. The minimum Gasteiger partial charge on any atom is -0.494 e. The molecule has 0 heterocycles. The van der Waals surface area contributed by atoms with E-state index in [1.54, 1.807) is 0 Å². The Morgan fingerprint density at radius 2 is 1.95 bits per heavy atom. The Hall–Kier alpha value is -2.09. The standard InChI is InChI=1S/C17H21NO/c1-4-6-15(13-14-18-3)7-8-16-9-11-17(12-10-16)19-5-2/h4,6-14H,5H2,1-3H3/p+1/b6-4-,8-7+,15-13+,18-14?. The molecule has 1 rings (SSSR count). The van der Waals surface area contributed by atoms with Crippen molar-refractivity contribution in [2.45, 2.75) is 13.8 Å². The van der Waals surface area contributed by atoms with Gasteiger partial charge in [0.1, 0.15) is 12.8 Å². The topological polar surface area (TPSA) is 23.2 Å². The molecule has 0 fully saturated rings. The van der Waals surface area contributed by atoms with Crippen LogP contribution in [0.15, 0.2) is 54.1 Å². The van der Waals surface area contributed by atoms with Gasteiger partial charge in [0.2, 0.25) is 0 Å². The van der Waals surface area contributed by atoms with Gasteiger partial charge >= 0.3 is 0 Å². The summed E-state index contributed by atoms with van der Waals surface area (Å²) in [6.07, 6.45) is 12.2. The Bertz CT molecular complexity index is 478. The van der Waals surface area contributed by atoms with E-state index in [-0.39, 0.29) is 0 Å². The van der Waals surface area contributed by atoms with Gasteiger partial charge in [-0.1, -0.05) is 36.4 Å². The lowest BCUT2D eigenvalue weighted by atomic mass is 10.1. The molecule has 1 aromatic rings. The van der Waals surface area contributed by atoms with Gasteiger partial charge in [-0.3, -0.25) is 4.99 Å². The molecule has 0 atom stereocenters. The number of ether oxygens (including phenoxy) is 1. The summed E-state index contributed by atoms with van der Waals surface area (Å²) < 4.78 is 5.42. The SMILES string of the molecule is C\C=C/C(/C=C/c1ccc(OCC)cc1)=C\C=[NH+]C. The normalized spacial score (nSPS) is 12.9. The third-order valence-electron chi connectivity index (χ3n) is 2.46. The van der Waals surface area contributed by atoms with E-state index in [1.165, 1.54) is 0 Å². The molecule has 1 N–H and O–H groups in total. The summed E-state index contributed by atoms with van der Waals surface area (Å²) in [6.45, 7) is 4.70. The van der Waals surface area contributed by atoms with Gasteiger partial charge in [0.15, 0.2) is 6.21 Å². The Balaban J connectivity index is 2.78. The first-order valence-corrected chi connectivity index (χ1v) is 6.54. The van der Waals surface area contributed by atoms with Crippen molar-refractivity contribution in [2.75, 3.05) is 13.7 Å². The van der Waals surface area contributed by atoms with Crippen LogP contribution >= 0.6 is 0 Å². The summed E-state index contributed by atoms with van der Waals surface area (Å²) in [6, 6.07) is 8.08. The number of hydrogen-bond acceptors (Lipinski definition) is 1. The molecule has 19 heavy (non-hydrogen) atoms. The van der Waals surface area contributed by atoms with Gasteiger partial charge in [0, 0.05) is 6.08 Å². The second-order valence-corrected chi connectivity index (χ2v) is 3.96. The number of allylic oxidation sites excluding steroid dienone is 5. The van der Waals surface area contributed by atoms with Crippen molar-refractivity contribution in [2.24, 2.45) is 0 Å². The predicted octanol–water partition coefficient (Wildman–Crippen LogP) is 2.38. The minimum atomic E-state index is 0.698. The Kier molecular flexibility index (Phi) is 7.03. The molecule has 100 valence electrons. The maximum absolute atomic E-state index is 5.42. The molecule has 0 radical (unpaired) electrons. The first-order chi connectivity index (χ1) is 9.30. The van der Waals surface area contributed by atoms with Crippen LogP contribution in [0.2, 0.25) is 0 Å². The molecule has 0 saturated carbocycles. The van der Waals surface area contributed by atoms with Gasteiger partial charge in [0.05, 0.1) is 6.61 Å². The van der Waals surface area contributed by atoms with Gasteiger partial charge in [-0.05, 0) is 37.1 Å². The summed E-state index contributed by atoms with van der Waals surface area (Å²) in [5, 5.41) is 0. The van der Waals surface area contributed by atoms with E-state index in [1.807, 2.05) is 51.4 Å². The van der Waals surface area contributed by atoms with Crippen molar-refractivity contribution < 1.29 is 9.73 Å². The molecular formula is C17H22NO+. The zero-order chi connectivity index (χ0) is 13.9. The quantitative estimate of drug-likeness (QED) is 0.613. The van der Waals surface area contributed by atoms with Crippen LogP contribution in [0.1, 0.15) is 19.4 Å².